The van der Waals surface area contributed by atoms with Crippen molar-refractivity contribution in [3.05, 3.63) is 23.0 Å². The van der Waals surface area contributed by atoms with Crippen molar-refractivity contribution >= 4 is 38.3 Å². The number of carbonyl (C=O) groups excluding carboxylic acids is 1. The molecule has 0 N–H and O–H groups in total. The number of sulfone groups is 1. The highest BCUT2D eigenvalue weighted by Gasteiger charge is 2.41. The highest BCUT2D eigenvalue weighted by atomic mass is 35.5. The number of aromatic nitrogens is 1. The molecule has 3 rings (SSSR count). The fraction of sp³-hybridized carbons (Fsp3) is 0.467. The number of Topliss-reactive ketones (excluding diaryl/α,β-unsaturated/α-hetero) is 1. The van der Waals surface area contributed by atoms with Gasteiger partial charge in [-0.05, 0) is 12.1 Å². The van der Waals surface area contributed by atoms with Gasteiger partial charge in [-0.25, -0.2) is 13.4 Å². The molecule has 1 fully saturated rings. The van der Waals surface area contributed by atoms with Gasteiger partial charge in [0.1, 0.15) is 16.2 Å². The molecule has 7 heteroatoms. The minimum Gasteiger partial charge on any atom is -0.439 e. The van der Waals surface area contributed by atoms with Crippen LogP contribution < -0.4 is 0 Å². The Labute approximate surface area is 133 Å². The second-order valence-corrected chi connectivity index (χ2v) is 9.18. The fourth-order valence-corrected chi connectivity index (χ4v) is 4.72. The number of benzene rings is 1. The molecule has 0 spiro atoms. The molecule has 1 aliphatic rings. The molecule has 22 heavy (non-hydrogen) atoms. The monoisotopic (exact) mass is 341 g/mol. The molecule has 0 atom stereocenters. The lowest BCUT2D eigenvalue weighted by Gasteiger charge is -2.24. The highest BCUT2D eigenvalue weighted by molar-refractivity contribution is 7.92. The molecule has 1 heterocycles. The maximum atomic E-state index is 12.7. The third kappa shape index (κ3) is 2.34. The van der Waals surface area contributed by atoms with Crippen molar-refractivity contribution in [3.8, 4) is 0 Å². The Morgan fingerprint density at radius 1 is 1.27 bits per heavy atom. The van der Waals surface area contributed by atoms with Crippen LogP contribution in [0.5, 0.6) is 0 Å². The summed E-state index contributed by atoms with van der Waals surface area (Å²) in [6, 6.07) is 3.15. The van der Waals surface area contributed by atoms with E-state index in [0.717, 1.165) is 0 Å². The van der Waals surface area contributed by atoms with Gasteiger partial charge in [-0.2, -0.15) is 0 Å². The molecule has 1 aromatic heterocycles. The lowest BCUT2D eigenvalue weighted by atomic mass is 9.97. The smallest absolute Gasteiger partial charge is 0.200 e. The third-order valence-electron chi connectivity index (χ3n) is 3.74. The first-order valence-electron chi connectivity index (χ1n) is 6.96. The molecule has 0 saturated heterocycles. The van der Waals surface area contributed by atoms with Crippen LogP contribution >= 0.6 is 11.6 Å². The number of hydrogen-bond donors (Lipinski definition) is 0. The van der Waals surface area contributed by atoms with E-state index in [2.05, 4.69) is 4.98 Å². The number of carbonyl (C=O) groups is 1. The number of ketones is 1. The zero-order chi connectivity index (χ0) is 16.3. The zero-order valence-electron chi connectivity index (χ0n) is 12.5. The van der Waals surface area contributed by atoms with Crippen molar-refractivity contribution < 1.29 is 17.6 Å². The van der Waals surface area contributed by atoms with Gasteiger partial charge < -0.3 is 4.42 Å². The van der Waals surface area contributed by atoms with Crippen LogP contribution in [0, 0.1) is 0 Å². The maximum absolute atomic E-state index is 12.7. The topological polar surface area (TPSA) is 77.2 Å². The summed E-state index contributed by atoms with van der Waals surface area (Å²) in [5, 5.41) is -0.616. The van der Waals surface area contributed by atoms with Crippen LogP contribution in [0.1, 0.15) is 39.5 Å². The number of oxazole rings is 1. The van der Waals surface area contributed by atoms with Gasteiger partial charge in [0, 0.05) is 18.3 Å². The first-order valence-corrected chi connectivity index (χ1v) is 8.88. The second kappa shape index (κ2) is 4.80. The van der Waals surface area contributed by atoms with E-state index >= 15 is 0 Å². The van der Waals surface area contributed by atoms with Crippen LogP contribution in [-0.2, 0) is 20.0 Å². The molecule has 118 valence electrons. The van der Waals surface area contributed by atoms with Crippen molar-refractivity contribution in [2.24, 2.45) is 0 Å². The number of hydrogen-bond acceptors (Lipinski definition) is 5. The van der Waals surface area contributed by atoms with Gasteiger partial charge >= 0.3 is 0 Å². The summed E-state index contributed by atoms with van der Waals surface area (Å²) in [6.07, 6.45) is 0.0740. The Morgan fingerprint density at radius 2 is 1.91 bits per heavy atom. The minimum absolute atomic E-state index is 0.0370. The maximum Gasteiger partial charge on any atom is 0.200 e. The van der Waals surface area contributed by atoms with Crippen molar-refractivity contribution in [2.75, 3.05) is 0 Å². The van der Waals surface area contributed by atoms with Crippen LogP contribution in [0.3, 0.4) is 0 Å². The largest absolute Gasteiger partial charge is 0.439 e. The van der Waals surface area contributed by atoms with Crippen molar-refractivity contribution in [1.82, 2.24) is 4.98 Å². The lowest BCUT2D eigenvalue weighted by molar-refractivity contribution is -0.123. The molecule has 1 aromatic carbocycles. The molecule has 5 nitrogen and oxygen atoms in total. The van der Waals surface area contributed by atoms with Gasteiger partial charge in [0.15, 0.2) is 15.4 Å². The normalized spacial score (nSPS) is 17.0. The van der Waals surface area contributed by atoms with Gasteiger partial charge in [-0.3, -0.25) is 4.79 Å². The number of fused-ring (bicyclic) bond motifs is 1. The van der Waals surface area contributed by atoms with Crippen LogP contribution in [0.4, 0.5) is 0 Å². The predicted molar refractivity (Wildman–Crippen MR) is 82.9 cm³/mol. The SMILES string of the molecule is CC(C)(C)c1nc2ccc(Cl)c(S(=O)(=O)C3CC(=O)C3)c2o1. The first-order chi connectivity index (χ1) is 10.1. The van der Waals surface area contributed by atoms with E-state index < -0.39 is 15.1 Å². The van der Waals surface area contributed by atoms with Crippen LogP contribution in [0.25, 0.3) is 11.1 Å². The summed E-state index contributed by atoms with van der Waals surface area (Å²) in [6.45, 7) is 5.79. The molecule has 1 saturated carbocycles. The van der Waals surface area contributed by atoms with Crippen LogP contribution in [0.15, 0.2) is 21.4 Å². The van der Waals surface area contributed by atoms with E-state index in [1.807, 2.05) is 20.8 Å². The van der Waals surface area contributed by atoms with E-state index in [1.54, 1.807) is 6.07 Å². The van der Waals surface area contributed by atoms with E-state index in [9.17, 15) is 13.2 Å². The number of nitrogens with zero attached hydrogens (tertiary/aromatic N) is 1. The molecule has 0 amide bonds. The molecule has 0 aliphatic heterocycles. The number of rotatable bonds is 2. The standard InChI is InChI=1S/C15H16ClNO4S/c1-15(2,3)14-17-11-5-4-10(16)13(12(11)21-14)22(19,20)9-6-8(18)7-9/h4-5,9H,6-7H2,1-3H3. The molecular weight excluding hydrogens is 326 g/mol. The van der Waals surface area contributed by atoms with Gasteiger partial charge in [0.05, 0.1) is 10.3 Å². The summed E-state index contributed by atoms with van der Waals surface area (Å²) in [7, 11) is -3.71. The molecule has 0 unspecified atom stereocenters. The number of halogens is 1. The van der Waals surface area contributed by atoms with Crippen LogP contribution in [0.2, 0.25) is 5.02 Å². The molecule has 0 radical (unpaired) electrons. The van der Waals surface area contributed by atoms with Gasteiger partial charge in [0.2, 0.25) is 5.89 Å². The Morgan fingerprint density at radius 3 is 2.45 bits per heavy atom. The quantitative estimate of drug-likeness (QED) is 0.837. The Balaban J connectivity index is 2.22. The summed E-state index contributed by atoms with van der Waals surface area (Å²) < 4.78 is 31.2. The van der Waals surface area contributed by atoms with E-state index in [0.29, 0.717) is 11.4 Å². The van der Waals surface area contributed by atoms with Crippen molar-refractivity contribution in [3.63, 3.8) is 0 Å². The Hall–Kier alpha value is -1.40. The Kier molecular flexibility index (Phi) is 3.38. The Bertz CT molecular complexity index is 869. The van der Waals surface area contributed by atoms with Gasteiger partial charge in [-0.15, -0.1) is 0 Å². The highest BCUT2D eigenvalue weighted by Crippen LogP contribution is 2.38. The summed E-state index contributed by atoms with van der Waals surface area (Å²) in [4.78, 5) is 15.5. The predicted octanol–water partition coefficient (Wildman–Crippen LogP) is 3.28. The van der Waals surface area contributed by atoms with Gasteiger partial charge in [-0.1, -0.05) is 32.4 Å². The third-order valence-corrected chi connectivity index (χ3v) is 6.35. The second-order valence-electron chi connectivity index (χ2n) is 6.61. The molecular formula is C15H16ClNO4S. The van der Waals surface area contributed by atoms with Crippen LogP contribution in [-0.4, -0.2) is 24.4 Å². The minimum atomic E-state index is -3.71. The molecule has 2 aromatic rings. The van der Waals surface area contributed by atoms with E-state index in [1.165, 1.54) is 6.07 Å². The van der Waals surface area contributed by atoms with Crippen molar-refractivity contribution in [1.29, 1.82) is 0 Å². The summed E-state index contributed by atoms with van der Waals surface area (Å²) in [5.41, 5.74) is 0.286. The zero-order valence-corrected chi connectivity index (χ0v) is 14.1. The average molecular weight is 342 g/mol. The van der Waals surface area contributed by atoms with Crippen molar-refractivity contribution in [2.45, 2.75) is 49.2 Å². The lowest BCUT2D eigenvalue weighted by Crippen LogP contribution is -2.36. The fourth-order valence-electron chi connectivity index (χ4n) is 2.36. The van der Waals surface area contributed by atoms with E-state index in [-0.39, 0.29) is 39.5 Å². The molecule has 0 bridgehead atoms. The van der Waals surface area contributed by atoms with E-state index in [4.69, 9.17) is 16.0 Å². The van der Waals surface area contributed by atoms with Gasteiger partial charge in [0.25, 0.3) is 0 Å². The summed E-state index contributed by atoms with van der Waals surface area (Å²) >= 11 is 6.12. The molecule has 1 aliphatic carbocycles. The summed E-state index contributed by atoms with van der Waals surface area (Å²) in [5.74, 6) is 0.399. The first kappa shape index (κ1) is 15.5. The average Bonchev–Trinajstić information content (AvgIpc) is 2.77.